The third-order valence-corrected chi connectivity index (χ3v) is 7.88. The maximum atomic E-state index is 13.0. The first kappa shape index (κ1) is 17.5. The number of aromatic amines is 1. The molecule has 0 aliphatic rings. The van der Waals surface area contributed by atoms with Gasteiger partial charge in [-0.3, -0.25) is 0 Å². The molecule has 0 aliphatic heterocycles. The summed E-state index contributed by atoms with van der Waals surface area (Å²) in [5.41, 5.74) is 1.73. The maximum Gasteiger partial charge on any atom is 0.216 e. The number of H-pyrrole nitrogens is 1. The molecule has 0 atom stereocenters. The number of benzene rings is 1. The fourth-order valence-electron chi connectivity index (χ4n) is 2.62. The summed E-state index contributed by atoms with van der Waals surface area (Å²) in [6.45, 7) is 2.65. The third-order valence-electron chi connectivity index (χ3n) is 4.03. The van der Waals surface area contributed by atoms with E-state index in [0.717, 1.165) is 28.7 Å². The van der Waals surface area contributed by atoms with Crippen molar-refractivity contribution in [1.82, 2.24) is 9.88 Å². The van der Waals surface area contributed by atoms with E-state index < -0.39 is 9.84 Å². The number of halogens is 1. The molecule has 0 radical (unpaired) electrons. The Labute approximate surface area is 151 Å². The van der Waals surface area contributed by atoms with E-state index in [0.29, 0.717) is 14.8 Å². The van der Waals surface area contributed by atoms with Gasteiger partial charge in [0.05, 0.1) is 4.90 Å². The number of thiophene rings is 1. The van der Waals surface area contributed by atoms with E-state index in [1.54, 1.807) is 31.2 Å². The number of aromatic nitrogens is 1. The van der Waals surface area contributed by atoms with Crippen molar-refractivity contribution in [1.29, 1.82) is 0 Å². The molecule has 128 valence electrons. The van der Waals surface area contributed by atoms with E-state index in [1.807, 2.05) is 20.3 Å². The Hall–Kier alpha value is -1.34. The molecule has 4 nitrogen and oxygen atoms in total. The predicted molar refractivity (Wildman–Crippen MR) is 100 cm³/mol. The number of hydrogen-bond donors (Lipinski definition) is 1. The Kier molecular flexibility index (Phi) is 4.75. The molecular formula is C17H19ClN2O2S2. The second-order valence-corrected chi connectivity index (χ2v) is 9.65. The molecule has 1 aromatic carbocycles. The molecule has 0 aliphatic carbocycles. The van der Waals surface area contributed by atoms with Crippen LogP contribution in [-0.2, 0) is 16.3 Å². The normalized spacial score (nSPS) is 12.4. The standard InChI is InChI=1S/C17H19ClN2O2S2/c1-11-14(18)5-4-6-15(11)24(21,22)16-9-13-12(7-8-20(2)3)10-19-17(13)23-16/h4-6,9-10,19H,7-8H2,1-3H3. The van der Waals surface area contributed by atoms with Crippen LogP contribution in [0, 0.1) is 6.92 Å². The molecule has 3 rings (SSSR count). The van der Waals surface area contributed by atoms with Crippen LogP contribution < -0.4 is 0 Å². The monoisotopic (exact) mass is 382 g/mol. The van der Waals surface area contributed by atoms with Crippen LogP contribution in [0.3, 0.4) is 0 Å². The maximum absolute atomic E-state index is 13.0. The molecule has 7 heteroatoms. The van der Waals surface area contributed by atoms with Gasteiger partial charge in [-0.1, -0.05) is 17.7 Å². The molecule has 0 bridgehead atoms. The van der Waals surface area contributed by atoms with Gasteiger partial charge in [-0.05, 0) is 56.8 Å². The van der Waals surface area contributed by atoms with E-state index in [2.05, 4.69) is 9.88 Å². The minimum Gasteiger partial charge on any atom is -0.353 e. The van der Waals surface area contributed by atoms with Gasteiger partial charge < -0.3 is 9.88 Å². The van der Waals surface area contributed by atoms with Gasteiger partial charge in [0.2, 0.25) is 9.84 Å². The first-order valence-corrected chi connectivity index (χ1v) is 10.2. The van der Waals surface area contributed by atoms with Crippen LogP contribution in [0.4, 0.5) is 0 Å². The Morgan fingerprint density at radius 1 is 1.29 bits per heavy atom. The van der Waals surface area contributed by atoms with Crippen molar-refractivity contribution in [2.45, 2.75) is 22.4 Å². The fraction of sp³-hybridized carbons (Fsp3) is 0.294. The molecule has 1 N–H and O–H groups in total. The van der Waals surface area contributed by atoms with Gasteiger partial charge in [0, 0.05) is 23.2 Å². The Morgan fingerprint density at radius 2 is 2.04 bits per heavy atom. The van der Waals surface area contributed by atoms with E-state index in [9.17, 15) is 8.42 Å². The largest absolute Gasteiger partial charge is 0.353 e. The molecule has 2 heterocycles. The molecule has 0 saturated heterocycles. The predicted octanol–water partition coefficient (Wildman–Crippen LogP) is 4.13. The summed E-state index contributed by atoms with van der Waals surface area (Å²) in [4.78, 5) is 6.46. The summed E-state index contributed by atoms with van der Waals surface area (Å²) in [6.07, 6.45) is 2.84. The van der Waals surface area contributed by atoms with Gasteiger partial charge in [-0.15, -0.1) is 11.3 Å². The van der Waals surface area contributed by atoms with Crippen LogP contribution in [0.15, 0.2) is 39.6 Å². The first-order valence-electron chi connectivity index (χ1n) is 7.55. The summed E-state index contributed by atoms with van der Waals surface area (Å²) in [5, 5.41) is 1.45. The average Bonchev–Trinajstić information content (AvgIpc) is 3.08. The van der Waals surface area contributed by atoms with Crippen molar-refractivity contribution in [2.75, 3.05) is 20.6 Å². The van der Waals surface area contributed by atoms with Crippen LogP contribution >= 0.6 is 22.9 Å². The Morgan fingerprint density at radius 3 is 2.75 bits per heavy atom. The van der Waals surface area contributed by atoms with E-state index in [1.165, 1.54) is 11.3 Å². The molecule has 0 unspecified atom stereocenters. The van der Waals surface area contributed by atoms with Gasteiger partial charge in [0.15, 0.2) is 0 Å². The highest BCUT2D eigenvalue weighted by Crippen LogP contribution is 2.36. The first-order chi connectivity index (χ1) is 11.3. The molecule has 3 aromatic rings. The van der Waals surface area contributed by atoms with Crippen LogP contribution in [0.2, 0.25) is 5.02 Å². The van der Waals surface area contributed by atoms with E-state index in [4.69, 9.17) is 11.6 Å². The zero-order valence-electron chi connectivity index (χ0n) is 13.8. The Balaban J connectivity index is 2.04. The highest BCUT2D eigenvalue weighted by Gasteiger charge is 2.24. The van der Waals surface area contributed by atoms with Crippen molar-refractivity contribution < 1.29 is 8.42 Å². The fourth-order valence-corrected chi connectivity index (χ4v) is 5.86. The summed E-state index contributed by atoms with van der Waals surface area (Å²) < 4.78 is 26.3. The lowest BCUT2D eigenvalue weighted by atomic mass is 10.2. The van der Waals surface area contributed by atoms with Crippen LogP contribution in [0.25, 0.3) is 10.2 Å². The highest BCUT2D eigenvalue weighted by molar-refractivity contribution is 7.93. The number of fused-ring (bicyclic) bond motifs is 1. The molecule has 0 amide bonds. The number of nitrogens with one attached hydrogen (secondary N) is 1. The summed E-state index contributed by atoms with van der Waals surface area (Å²) in [6, 6.07) is 6.76. The minimum absolute atomic E-state index is 0.272. The van der Waals surface area contributed by atoms with Crippen molar-refractivity contribution >= 4 is 43.0 Å². The lowest BCUT2D eigenvalue weighted by Gasteiger charge is -2.08. The zero-order chi connectivity index (χ0) is 17.5. The van der Waals surface area contributed by atoms with Crippen molar-refractivity contribution in [2.24, 2.45) is 0 Å². The van der Waals surface area contributed by atoms with Crippen molar-refractivity contribution in [3.05, 3.63) is 46.6 Å². The van der Waals surface area contributed by atoms with Crippen LogP contribution in [0.1, 0.15) is 11.1 Å². The average molecular weight is 383 g/mol. The molecule has 2 aromatic heterocycles. The molecule has 0 spiro atoms. The Bertz CT molecular complexity index is 987. The number of rotatable bonds is 5. The molecule has 0 fully saturated rings. The minimum atomic E-state index is -3.57. The highest BCUT2D eigenvalue weighted by atomic mass is 35.5. The lowest BCUT2D eigenvalue weighted by Crippen LogP contribution is -2.14. The number of nitrogens with zero attached hydrogens (tertiary/aromatic N) is 1. The summed E-state index contributed by atoms with van der Waals surface area (Å²) in [5.74, 6) is 0. The van der Waals surface area contributed by atoms with Crippen molar-refractivity contribution in [3.8, 4) is 0 Å². The van der Waals surface area contributed by atoms with Gasteiger partial charge in [0.25, 0.3) is 0 Å². The SMILES string of the molecule is Cc1c(Cl)cccc1S(=O)(=O)c1cc2c(CCN(C)C)c[nH]c2s1. The van der Waals surface area contributed by atoms with Gasteiger partial charge in [0.1, 0.15) is 9.04 Å². The van der Waals surface area contributed by atoms with E-state index >= 15 is 0 Å². The molecule has 0 saturated carbocycles. The topological polar surface area (TPSA) is 53.2 Å². The van der Waals surface area contributed by atoms with Gasteiger partial charge in [-0.25, -0.2) is 8.42 Å². The van der Waals surface area contributed by atoms with Gasteiger partial charge >= 0.3 is 0 Å². The number of sulfone groups is 1. The quantitative estimate of drug-likeness (QED) is 0.721. The lowest BCUT2D eigenvalue weighted by molar-refractivity contribution is 0.414. The summed E-state index contributed by atoms with van der Waals surface area (Å²) in [7, 11) is 0.478. The molecule has 24 heavy (non-hydrogen) atoms. The van der Waals surface area contributed by atoms with Crippen LogP contribution in [-0.4, -0.2) is 38.9 Å². The third kappa shape index (κ3) is 3.11. The zero-order valence-corrected chi connectivity index (χ0v) is 16.1. The van der Waals surface area contributed by atoms with Crippen LogP contribution in [0.5, 0.6) is 0 Å². The smallest absolute Gasteiger partial charge is 0.216 e. The number of hydrogen-bond acceptors (Lipinski definition) is 4. The van der Waals surface area contributed by atoms with Crippen molar-refractivity contribution in [3.63, 3.8) is 0 Å². The molecular weight excluding hydrogens is 364 g/mol. The van der Waals surface area contributed by atoms with E-state index in [-0.39, 0.29) is 4.90 Å². The second kappa shape index (κ2) is 6.52. The number of likely N-dealkylation sites (N-methyl/N-ethyl adjacent to an activating group) is 1. The van der Waals surface area contributed by atoms with Gasteiger partial charge in [-0.2, -0.15) is 0 Å². The second-order valence-electron chi connectivity index (χ2n) is 6.04. The summed E-state index contributed by atoms with van der Waals surface area (Å²) >= 11 is 7.36.